The van der Waals surface area contributed by atoms with Crippen molar-refractivity contribution in [3.8, 4) is 0 Å². The highest BCUT2D eigenvalue weighted by Crippen LogP contribution is 2.08. The van der Waals surface area contributed by atoms with Gasteiger partial charge in [0.1, 0.15) is 0 Å². The van der Waals surface area contributed by atoms with E-state index in [0.717, 1.165) is 51.4 Å². The Morgan fingerprint density at radius 1 is 0.920 bits per heavy atom. The number of carboxylic acids is 1. The number of aliphatic carboxylic acids is 1. The third-order valence-corrected chi connectivity index (χ3v) is 3.58. The number of unbranched alkanes of at least 4 members (excludes halogenated alkanes) is 5. The minimum Gasteiger partial charge on any atom is -0.545 e. The van der Waals surface area contributed by atoms with Crippen molar-refractivity contribution in [3.63, 3.8) is 0 Å². The summed E-state index contributed by atoms with van der Waals surface area (Å²) < 4.78 is 0. The Morgan fingerprint density at radius 2 is 1.48 bits per heavy atom. The van der Waals surface area contributed by atoms with E-state index < -0.39 is 18.1 Å². The molecule has 0 saturated heterocycles. The van der Waals surface area contributed by atoms with Crippen molar-refractivity contribution < 1.29 is 19.8 Å². The van der Waals surface area contributed by atoms with Gasteiger partial charge in [-0.05, 0) is 38.5 Å². The van der Waals surface area contributed by atoms with Gasteiger partial charge in [0.25, 0.3) is 0 Å². The van der Waals surface area contributed by atoms with E-state index in [0.29, 0.717) is 6.42 Å². The minimum absolute atomic E-state index is 0.226. The Balaban J connectivity index is 3.41. The van der Waals surface area contributed by atoms with Crippen LogP contribution in [0.3, 0.4) is 0 Å². The van der Waals surface area contributed by atoms with Crippen molar-refractivity contribution in [3.05, 3.63) is 36.5 Å². The normalized spacial score (nSPS) is 13.0. The molecule has 5 heteroatoms. The van der Waals surface area contributed by atoms with Gasteiger partial charge in [-0.2, -0.15) is 0 Å². The van der Waals surface area contributed by atoms with Gasteiger partial charge < -0.3 is 20.3 Å². The Kier molecular flexibility index (Phi) is 15.7. The minimum atomic E-state index is -1.91. The zero-order valence-corrected chi connectivity index (χ0v) is 15.3. The molecule has 0 spiro atoms. The number of aliphatic hydroxyl groups excluding tert-OH is 1. The SMILES string of the molecule is CC/C=C\C/C=C\C/C=C\CCCCCCCC(=O)N[C@@H](O)C(=O)[O-]. The van der Waals surface area contributed by atoms with Crippen molar-refractivity contribution in [2.24, 2.45) is 0 Å². The third kappa shape index (κ3) is 16.8. The van der Waals surface area contributed by atoms with Gasteiger partial charge >= 0.3 is 0 Å². The average molecular weight is 350 g/mol. The first-order chi connectivity index (χ1) is 12.1. The van der Waals surface area contributed by atoms with Gasteiger partial charge in [0, 0.05) is 6.42 Å². The van der Waals surface area contributed by atoms with Crippen LogP contribution in [0.25, 0.3) is 0 Å². The monoisotopic (exact) mass is 350 g/mol. The van der Waals surface area contributed by atoms with Gasteiger partial charge in [-0.3, -0.25) is 4.79 Å². The van der Waals surface area contributed by atoms with Crippen LogP contribution in [-0.2, 0) is 9.59 Å². The predicted molar refractivity (Wildman–Crippen MR) is 98.4 cm³/mol. The van der Waals surface area contributed by atoms with E-state index in [-0.39, 0.29) is 6.42 Å². The summed E-state index contributed by atoms with van der Waals surface area (Å²) in [6, 6.07) is 0. The molecule has 0 unspecified atom stereocenters. The molecule has 0 saturated carbocycles. The number of allylic oxidation sites excluding steroid dienone is 6. The molecule has 0 aromatic heterocycles. The molecule has 2 N–H and O–H groups in total. The molecule has 5 nitrogen and oxygen atoms in total. The highest BCUT2D eigenvalue weighted by Gasteiger charge is 2.08. The number of carbonyl (C=O) groups is 2. The van der Waals surface area contributed by atoms with Crippen LogP contribution in [0.15, 0.2) is 36.5 Å². The van der Waals surface area contributed by atoms with Crippen molar-refractivity contribution in [1.29, 1.82) is 0 Å². The maximum Gasteiger partial charge on any atom is 0.222 e. The molecule has 0 aliphatic carbocycles. The molecular formula is C20H32NO4-. The molecule has 0 aromatic rings. The number of hydrogen-bond donors (Lipinski definition) is 2. The Bertz CT molecular complexity index is 441. The van der Waals surface area contributed by atoms with Crippen LogP contribution in [0.5, 0.6) is 0 Å². The van der Waals surface area contributed by atoms with E-state index in [4.69, 9.17) is 5.11 Å². The van der Waals surface area contributed by atoms with Crippen molar-refractivity contribution in [2.45, 2.75) is 77.4 Å². The maximum atomic E-state index is 11.3. The topological polar surface area (TPSA) is 89.5 Å². The van der Waals surface area contributed by atoms with Gasteiger partial charge in [-0.1, -0.05) is 62.6 Å². The fourth-order valence-corrected chi connectivity index (χ4v) is 2.19. The van der Waals surface area contributed by atoms with Gasteiger partial charge in [-0.15, -0.1) is 0 Å². The number of nitrogens with one attached hydrogen (secondary N) is 1. The van der Waals surface area contributed by atoms with Gasteiger partial charge in [0.05, 0.1) is 5.97 Å². The van der Waals surface area contributed by atoms with E-state index in [9.17, 15) is 14.7 Å². The van der Waals surface area contributed by atoms with E-state index in [2.05, 4.69) is 43.4 Å². The lowest BCUT2D eigenvalue weighted by atomic mass is 10.1. The third-order valence-electron chi connectivity index (χ3n) is 3.58. The smallest absolute Gasteiger partial charge is 0.222 e. The lowest BCUT2D eigenvalue weighted by molar-refractivity contribution is -0.316. The molecule has 1 amide bonds. The zero-order chi connectivity index (χ0) is 18.8. The summed E-state index contributed by atoms with van der Waals surface area (Å²) in [4.78, 5) is 21.6. The van der Waals surface area contributed by atoms with Crippen LogP contribution in [0.1, 0.15) is 71.1 Å². The van der Waals surface area contributed by atoms with Crippen LogP contribution in [-0.4, -0.2) is 23.2 Å². The average Bonchev–Trinajstić information content (AvgIpc) is 2.58. The zero-order valence-electron chi connectivity index (χ0n) is 15.3. The molecule has 0 radical (unpaired) electrons. The maximum absolute atomic E-state index is 11.3. The molecule has 0 aliphatic heterocycles. The second-order valence-electron chi connectivity index (χ2n) is 5.89. The summed E-state index contributed by atoms with van der Waals surface area (Å²) in [6.07, 6.45) is 20.5. The Hall–Kier alpha value is -1.88. The standard InChI is InChI=1S/C20H33NO4/c1-2-3-4-5-6-7-8-9-10-11-12-13-14-15-16-17-18(22)21-19(23)20(24)25/h3-4,6-7,9-10,19,23H,2,5,8,11-17H2,1H3,(H,21,22)(H,24,25)/p-1/b4-3-,7-6-,10-9-/t19-/m0/s1. The van der Waals surface area contributed by atoms with Gasteiger partial charge in [0.2, 0.25) is 5.91 Å². The molecule has 0 aromatic carbocycles. The van der Waals surface area contributed by atoms with Crippen LogP contribution in [0.4, 0.5) is 0 Å². The highest BCUT2D eigenvalue weighted by atomic mass is 16.4. The van der Waals surface area contributed by atoms with Crippen LogP contribution >= 0.6 is 0 Å². The van der Waals surface area contributed by atoms with Crippen molar-refractivity contribution in [2.75, 3.05) is 0 Å². The summed E-state index contributed by atoms with van der Waals surface area (Å²) in [7, 11) is 0. The molecule has 0 heterocycles. The molecular weight excluding hydrogens is 318 g/mol. The second-order valence-corrected chi connectivity index (χ2v) is 5.89. The summed E-state index contributed by atoms with van der Waals surface area (Å²) in [5.74, 6) is -2.15. The molecule has 0 rings (SSSR count). The fraction of sp³-hybridized carbons (Fsp3) is 0.600. The number of carboxylic acid groups (broad SMARTS) is 1. The van der Waals surface area contributed by atoms with E-state index in [1.165, 1.54) is 0 Å². The van der Waals surface area contributed by atoms with Gasteiger partial charge in [-0.25, -0.2) is 0 Å². The lowest BCUT2D eigenvalue weighted by Gasteiger charge is -2.13. The predicted octanol–water partition coefficient (Wildman–Crippen LogP) is 2.76. The number of carbonyl (C=O) groups excluding carboxylic acids is 2. The molecule has 0 bridgehead atoms. The van der Waals surface area contributed by atoms with Crippen LogP contribution in [0.2, 0.25) is 0 Å². The fourth-order valence-electron chi connectivity index (χ4n) is 2.19. The Morgan fingerprint density at radius 3 is 2.12 bits per heavy atom. The first kappa shape index (κ1) is 23.1. The largest absolute Gasteiger partial charge is 0.545 e. The molecule has 142 valence electrons. The lowest BCUT2D eigenvalue weighted by Crippen LogP contribution is -2.47. The number of aliphatic hydroxyl groups is 1. The number of rotatable bonds is 15. The molecule has 25 heavy (non-hydrogen) atoms. The quantitative estimate of drug-likeness (QED) is 0.270. The summed E-state index contributed by atoms with van der Waals surface area (Å²) >= 11 is 0. The highest BCUT2D eigenvalue weighted by molar-refractivity contribution is 5.81. The molecule has 1 atom stereocenters. The van der Waals surface area contributed by atoms with Crippen LogP contribution < -0.4 is 10.4 Å². The van der Waals surface area contributed by atoms with E-state index in [1.54, 1.807) is 0 Å². The van der Waals surface area contributed by atoms with Crippen molar-refractivity contribution >= 4 is 11.9 Å². The Labute approximate surface area is 151 Å². The van der Waals surface area contributed by atoms with E-state index in [1.807, 2.05) is 5.32 Å². The van der Waals surface area contributed by atoms with Gasteiger partial charge in [0.15, 0.2) is 6.23 Å². The molecule has 0 fully saturated rings. The van der Waals surface area contributed by atoms with Crippen LogP contribution in [0, 0.1) is 0 Å². The first-order valence-electron chi connectivity index (χ1n) is 9.21. The molecule has 0 aliphatic rings. The summed E-state index contributed by atoms with van der Waals surface area (Å²) in [5.41, 5.74) is 0. The summed E-state index contributed by atoms with van der Waals surface area (Å²) in [5, 5.41) is 21.1. The first-order valence-corrected chi connectivity index (χ1v) is 9.21. The summed E-state index contributed by atoms with van der Waals surface area (Å²) in [6.45, 7) is 2.13. The van der Waals surface area contributed by atoms with Crippen molar-refractivity contribution in [1.82, 2.24) is 5.32 Å². The number of hydrogen-bond acceptors (Lipinski definition) is 4. The second kappa shape index (κ2) is 17.0. The van der Waals surface area contributed by atoms with E-state index >= 15 is 0 Å². The number of amides is 1.